The Labute approximate surface area is 144 Å². The summed E-state index contributed by atoms with van der Waals surface area (Å²) in [5.74, 6) is 0.507. The molecule has 0 unspecified atom stereocenters. The highest BCUT2D eigenvalue weighted by Gasteiger charge is 2.59. The van der Waals surface area contributed by atoms with Crippen LogP contribution in [0.1, 0.15) is 64.3 Å². The van der Waals surface area contributed by atoms with Crippen molar-refractivity contribution in [3.8, 4) is 0 Å². The van der Waals surface area contributed by atoms with Crippen molar-refractivity contribution in [1.82, 2.24) is 9.88 Å². The van der Waals surface area contributed by atoms with Crippen molar-refractivity contribution < 1.29 is 9.53 Å². The Balaban J connectivity index is 1.28. The summed E-state index contributed by atoms with van der Waals surface area (Å²) in [6.07, 6.45) is 13.7. The van der Waals surface area contributed by atoms with Crippen molar-refractivity contribution in [2.45, 2.75) is 76.5 Å². The van der Waals surface area contributed by atoms with E-state index in [9.17, 15) is 4.79 Å². The van der Waals surface area contributed by atoms with Crippen LogP contribution in [-0.4, -0.2) is 29.2 Å². The molecule has 4 heteroatoms. The van der Waals surface area contributed by atoms with Gasteiger partial charge in [-0.25, -0.2) is 0 Å². The molecule has 3 saturated carbocycles. The molecule has 24 heavy (non-hydrogen) atoms. The van der Waals surface area contributed by atoms with Crippen molar-refractivity contribution in [3.05, 3.63) is 24.5 Å². The van der Waals surface area contributed by atoms with Gasteiger partial charge in [0.1, 0.15) is 0 Å². The molecule has 1 heterocycles. The van der Waals surface area contributed by atoms with Crippen LogP contribution in [-0.2, 0) is 9.53 Å². The van der Waals surface area contributed by atoms with Crippen molar-refractivity contribution in [2.24, 2.45) is 11.3 Å². The minimum atomic E-state index is 0.208. The monoisotopic (exact) mass is 330 g/mol. The van der Waals surface area contributed by atoms with Crippen LogP contribution in [0.15, 0.2) is 24.5 Å². The van der Waals surface area contributed by atoms with Crippen LogP contribution in [0, 0.1) is 11.3 Å². The first-order valence-corrected chi connectivity index (χ1v) is 9.77. The van der Waals surface area contributed by atoms with Crippen molar-refractivity contribution >= 4 is 5.91 Å². The lowest BCUT2D eigenvalue weighted by Crippen LogP contribution is -2.68. The third kappa shape index (κ3) is 2.69. The number of ether oxygens (including phenoxy) is 1. The fraction of sp³-hybridized carbons (Fsp3) is 0.750. The number of carbonyl (C=O) groups is 1. The zero-order valence-corrected chi connectivity index (χ0v) is 14.7. The summed E-state index contributed by atoms with van der Waals surface area (Å²) in [6, 6.07) is 5.11. The van der Waals surface area contributed by atoms with E-state index in [4.69, 9.17) is 4.74 Å². The average molecular weight is 330 g/mol. The molecule has 2 atom stereocenters. The summed E-state index contributed by atoms with van der Waals surface area (Å²) in [5.41, 5.74) is 0.272. The van der Waals surface area contributed by atoms with E-state index in [1.165, 1.54) is 19.3 Å². The molecule has 4 rings (SSSR count). The molecule has 0 aromatic carbocycles. The van der Waals surface area contributed by atoms with Crippen molar-refractivity contribution in [3.63, 3.8) is 0 Å². The maximum Gasteiger partial charge on any atom is 0.223 e. The highest BCUT2D eigenvalue weighted by atomic mass is 16.5. The first kappa shape index (κ1) is 16.2. The first-order valence-electron chi connectivity index (χ1n) is 9.77. The molecule has 132 valence electrons. The quantitative estimate of drug-likeness (QED) is 0.895. The van der Waals surface area contributed by atoms with E-state index in [1.54, 1.807) is 0 Å². The van der Waals surface area contributed by atoms with Gasteiger partial charge in [0.2, 0.25) is 5.91 Å². The second kappa shape index (κ2) is 6.55. The largest absolute Gasteiger partial charge is 0.378 e. The smallest absolute Gasteiger partial charge is 0.223 e. The predicted molar refractivity (Wildman–Crippen MR) is 93.7 cm³/mol. The predicted octanol–water partition coefficient (Wildman–Crippen LogP) is 3.68. The van der Waals surface area contributed by atoms with E-state index < -0.39 is 0 Å². The summed E-state index contributed by atoms with van der Waals surface area (Å²) in [4.78, 5) is 12.7. The molecule has 1 amide bonds. The molecular weight excluding hydrogens is 300 g/mol. The Kier molecular flexibility index (Phi) is 4.42. The van der Waals surface area contributed by atoms with Crippen LogP contribution in [0.3, 0.4) is 0 Å². The number of carbonyl (C=O) groups excluding carboxylic acids is 1. The Hall–Kier alpha value is -1.29. The molecular formula is C20H30N2O2. The van der Waals surface area contributed by atoms with E-state index >= 15 is 0 Å². The van der Waals surface area contributed by atoms with E-state index in [0.29, 0.717) is 24.1 Å². The number of nitrogens with zero attached hydrogens (tertiary/aromatic N) is 1. The molecule has 1 N–H and O–H groups in total. The Morgan fingerprint density at radius 1 is 1.21 bits per heavy atom. The molecule has 3 aliphatic carbocycles. The second-order valence-corrected chi connectivity index (χ2v) is 7.96. The van der Waals surface area contributed by atoms with E-state index in [2.05, 4.69) is 41.3 Å². The molecule has 1 aromatic heterocycles. The molecule has 1 aromatic rings. The van der Waals surface area contributed by atoms with Crippen LogP contribution in [0.4, 0.5) is 0 Å². The molecule has 3 fully saturated rings. The molecule has 0 bridgehead atoms. The summed E-state index contributed by atoms with van der Waals surface area (Å²) in [5, 5.41) is 3.39. The molecule has 0 radical (unpaired) electrons. The van der Waals surface area contributed by atoms with Gasteiger partial charge in [0.25, 0.3) is 0 Å². The van der Waals surface area contributed by atoms with Crippen LogP contribution >= 0.6 is 0 Å². The zero-order chi connectivity index (χ0) is 16.6. The first-order chi connectivity index (χ1) is 11.7. The van der Waals surface area contributed by atoms with E-state index in [1.807, 2.05) is 0 Å². The summed E-state index contributed by atoms with van der Waals surface area (Å²) < 4.78 is 8.20. The minimum absolute atomic E-state index is 0.208. The third-order valence-corrected chi connectivity index (χ3v) is 6.87. The van der Waals surface area contributed by atoms with Gasteiger partial charge in [0.05, 0.1) is 6.10 Å². The molecule has 0 aliphatic heterocycles. The standard InChI is InChI=1S/C20H30N2O2/c1-2-24-18-14-17(20(18)10-5-11-20)21-19(23)15-6-8-16(9-7-15)22-12-3-4-13-22/h3-4,12-13,15-18H,2,5-11,14H2,1H3,(H,21,23)/t15?,16?,17-,18+/m1/s1. The highest BCUT2D eigenvalue weighted by molar-refractivity contribution is 5.79. The zero-order valence-electron chi connectivity index (χ0n) is 14.7. The lowest BCUT2D eigenvalue weighted by atomic mass is 9.51. The van der Waals surface area contributed by atoms with Gasteiger partial charge in [0.15, 0.2) is 0 Å². The van der Waals surface area contributed by atoms with Gasteiger partial charge in [-0.15, -0.1) is 0 Å². The van der Waals surface area contributed by atoms with Crippen LogP contribution < -0.4 is 5.32 Å². The SMILES string of the molecule is CCO[C@H]1C[C@@H](NC(=O)C2CCC(n3cccc3)CC2)C12CCC2. The lowest BCUT2D eigenvalue weighted by Gasteiger charge is -2.61. The number of nitrogens with one attached hydrogen (secondary N) is 1. The molecule has 4 nitrogen and oxygen atoms in total. The van der Waals surface area contributed by atoms with Gasteiger partial charge >= 0.3 is 0 Å². The maximum atomic E-state index is 12.7. The van der Waals surface area contributed by atoms with Gasteiger partial charge in [-0.1, -0.05) is 6.42 Å². The maximum absolute atomic E-state index is 12.7. The van der Waals surface area contributed by atoms with Crippen LogP contribution in [0.25, 0.3) is 0 Å². The van der Waals surface area contributed by atoms with E-state index in [0.717, 1.165) is 38.7 Å². The average Bonchev–Trinajstić information content (AvgIpc) is 3.06. The Bertz CT molecular complexity index is 556. The third-order valence-electron chi connectivity index (χ3n) is 6.87. The number of aromatic nitrogens is 1. The number of amides is 1. The van der Waals surface area contributed by atoms with Gasteiger partial charge in [-0.3, -0.25) is 4.79 Å². The van der Waals surface area contributed by atoms with E-state index in [-0.39, 0.29) is 11.3 Å². The second-order valence-electron chi connectivity index (χ2n) is 7.96. The normalized spacial score (nSPS) is 34.4. The number of hydrogen-bond donors (Lipinski definition) is 1. The molecule has 3 aliphatic rings. The highest BCUT2D eigenvalue weighted by Crippen LogP contribution is 2.57. The van der Waals surface area contributed by atoms with Crippen molar-refractivity contribution in [1.29, 1.82) is 0 Å². The topological polar surface area (TPSA) is 43.3 Å². The van der Waals surface area contributed by atoms with Crippen LogP contribution in [0.5, 0.6) is 0 Å². The van der Waals surface area contributed by atoms with Gasteiger partial charge in [0, 0.05) is 42.4 Å². The van der Waals surface area contributed by atoms with Crippen molar-refractivity contribution in [2.75, 3.05) is 6.61 Å². The number of hydrogen-bond acceptors (Lipinski definition) is 2. The number of rotatable bonds is 5. The summed E-state index contributed by atoms with van der Waals surface area (Å²) in [6.45, 7) is 2.86. The lowest BCUT2D eigenvalue weighted by molar-refractivity contribution is -0.177. The van der Waals surface area contributed by atoms with Gasteiger partial charge < -0.3 is 14.6 Å². The van der Waals surface area contributed by atoms with Gasteiger partial charge in [-0.05, 0) is 64.0 Å². The fourth-order valence-corrected chi connectivity index (χ4v) is 5.16. The minimum Gasteiger partial charge on any atom is -0.378 e. The molecule has 1 spiro atoms. The Morgan fingerprint density at radius 2 is 1.92 bits per heavy atom. The van der Waals surface area contributed by atoms with Gasteiger partial charge in [-0.2, -0.15) is 0 Å². The molecule has 0 saturated heterocycles. The van der Waals surface area contributed by atoms with Crippen LogP contribution in [0.2, 0.25) is 0 Å². The fourth-order valence-electron chi connectivity index (χ4n) is 5.16. The summed E-state index contributed by atoms with van der Waals surface area (Å²) >= 11 is 0. The summed E-state index contributed by atoms with van der Waals surface area (Å²) in [7, 11) is 0. The Morgan fingerprint density at radius 3 is 2.50 bits per heavy atom.